The third kappa shape index (κ3) is 5.50. The van der Waals surface area contributed by atoms with E-state index in [0.29, 0.717) is 6.61 Å². The molecule has 2 saturated heterocycles. The van der Waals surface area contributed by atoms with Gasteiger partial charge in [0.1, 0.15) is 5.82 Å². The van der Waals surface area contributed by atoms with Gasteiger partial charge in [-0.05, 0) is 89.0 Å². The Hall–Kier alpha value is -2.58. The lowest BCUT2D eigenvalue weighted by molar-refractivity contribution is -0.173. The van der Waals surface area contributed by atoms with Crippen LogP contribution in [0.1, 0.15) is 46.4 Å². The molecule has 6 rings (SSSR count). The molecule has 0 N–H and O–H groups in total. The number of halogens is 1. The van der Waals surface area contributed by atoms with E-state index in [1.807, 2.05) is 18.5 Å². The molecule has 2 aromatic heterocycles. The van der Waals surface area contributed by atoms with E-state index in [2.05, 4.69) is 68.1 Å². The highest BCUT2D eigenvalue weighted by Crippen LogP contribution is 2.38. The molecule has 2 fully saturated rings. The van der Waals surface area contributed by atoms with Crippen LogP contribution in [0.2, 0.25) is 0 Å². The second kappa shape index (κ2) is 11.0. The Labute approximate surface area is 227 Å². The van der Waals surface area contributed by atoms with E-state index in [1.54, 1.807) is 0 Å². The number of nitrogens with zero attached hydrogens (tertiary/aromatic N) is 4. The van der Waals surface area contributed by atoms with Crippen molar-refractivity contribution in [2.24, 2.45) is 0 Å². The number of anilines is 1. The van der Waals surface area contributed by atoms with Crippen LogP contribution in [0.15, 0.2) is 58.8 Å². The van der Waals surface area contributed by atoms with E-state index in [-0.39, 0.29) is 0 Å². The number of fused-ring (bicyclic) bond motifs is 2. The Morgan fingerprint density at radius 2 is 1.73 bits per heavy atom. The van der Waals surface area contributed by atoms with Crippen molar-refractivity contribution < 1.29 is 9.57 Å². The zero-order valence-corrected chi connectivity index (χ0v) is 23.0. The van der Waals surface area contributed by atoms with Gasteiger partial charge in [-0.2, -0.15) is 5.06 Å². The highest BCUT2D eigenvalue weighted by atomic mass is 79.9. The maximum atomic E-state index is 6.26. The van der Waals surface area contributed by atoms with Gasteiger partial charge in [0.25, 0.3) is 0 Å². The fourth-order valence-electron chi connectivity index (χ4n) is 5.64. The second-order valence-corrected chi connectivity index (χ2v) is 11.0. The first-order chi connectivity index (χ1) is 18.1. The molecule has 6 nitrogen and oxygen atoms in total. The molecule has 3 aliphatic rings. The number of morpholine rings is 1. The first kappa shape index (κ1) is 24.7. The van der Waals surface area contributed by atoms with Gasteiger partial charge < -0.3 is 9.64 Å². The van der Waals surface area contributed by atoms with Crippen LogP contribution < -0.4 is 4.90 Å². The maximum Gasteiger partial charge on any atom is 0.128 e. The summed E-state index contributed by atoms with van der Waals surface area (Å²) in [5.41, 5.74) is 10.6. The summed E-state index contributed by atoms with van der Waals surface area (Å²) in [7, 11) is 0. The molecule has 37 heavy (non-hydrogen) atoms. The molecule has 2 aliphatic heterocycles. The summed E-state index contributed by atoms with van der Waals surface area (Å²) in [6, 6.07) is 13.3. The van der Waals surface area contributed by atoms with Crippen molar-refractivity contribution in [3.05, 3.63) is 92.3 Å². The maximum absolute atomic E-state index is 6.26. The molecule has 0 amide bonds. The van der Waals surface area contributed by atoms with Crippen LogP contribution in [0.5, 0.6) is 0 Å². The number of rotatable bonds is 4. The van der Waals surface area contributed by atoms with Crippen LogP contribution in [0.25, 0.3) is 5.57 Å². The number of ether oxygens (including phenoxy) is 1. The molecule has 0 saturated carbocycles. The van der Waals surface area contributed by atoms with E-state index in [9.17, 15) is 0 Å². The summed E-state index contributed by atoms with van der Waals surface area (Å²) in [4.78, 5) is 18.0. The van der Waals surface area contributed by atoms with Crippen molar-refractivity contribution in [2.45, 2.75) is 39.2 Å². The number of benzene rings is 1. The van der Waals surface area contributed by atoms with Crippen LogP contribution in [0.4, 0.5) is 5.82 Å². The largest absolute Gasteiger partial charge is 0.378 e. The van der Waals surface area contributed by atoms with Crippen LogP contribution in [-0.4, -0.2) is 54.4 Å². The highest BCUT2D eigenvalue weighted by molar-refractivity contribution is 9.10. The normalized spacial score (nSPS) is 18.4. The number of piperidine rings is 1. The Bertz CT molecular complexity index is 1250. The molecule has 192 valence electrons. The lowest BCUT2D eigenvalue weighted by Crippen LogP contribution is -2.36. The SMILES string of the molecule is Cc1ccc2c(c1)CCc1cc(Br)cnc1C2=C1CCN(OCc2ccnc(N3CCOCC3)c2)CC1. The first-order valence-electron chi connectivity index (χ1n) is 13.3. The average molecular weight is 562 g/mol. The summed E-state index contributed by atoms with van der Waals surface area (Å²) in [5, 5.41) is 2.13. The molecule has 0 unspecified atom stereocenters. The van der Waals surface area contributed by atoms with Crippen molar-refractivity contribution in [3.8, 4) is 0 Å². The monoisotopic (exact) mass is 560 g/mol. The van der Waals surface area contributed by atoms with Crippen molar-refractivity contribution in [2.75, 3.05) is 44.3 Å². The molecule has 4 heterocycles. The molecule has 3 aromatic rings. The van der Waals surface area contributed by atoms with Crippen molar-refractivity contribution in [3.63, 3.8) is 0 Å². The van der Waals surface area contributed by atoms with Gasteiger partial charge in [0, 0.05) is 48.6 Å². The van der Waals surface area contributed by atoms with Crippen molar-refractivity contribution in [1.82, 2.24) is 15.0 Å². The smallest absolute Gasteiger partial charge is 0.128 e. The van der Waals surface area contributed by atoms with Crippen molar-refractivity contribution in [1.29, 1.82) is 0 Å². The molecule has 0 radical (unpaired) electrons. The van der Waals surface area contributed by atoms with Crippen LogP contribution >= 0.6 is 15.9 Å². The molecular formula is C30H33BrN4O2. The Balaban J connectivity index is 1.18. The predicted molar refractivity (Wildman–Crippen MR) is 149 cm³/mol. The first-order valence-corrected chi connectivity index (χ1v) is 14.1. The number of hydroxylamine groups is 2. The average Bonchev–Trinajstić information content (AvgIpc) is 3.09. The number of pyridine rings is 2. The van der Waals surface area contributed by atoms with E-state index in [1.165, 1.54) is 33.4 Å². The topological polar surface area (TPSA) is 50.7 Å². The molecule has 1 aliphatic carbocycles. The van der Waals surface area contributed by atoms with E-state index in [0.717, 1.165) is 86.6 Å². The number of hydrogen-bond acceptors (Lipinski definition) is 6. The van der Waals surface area contributed by atoms with E-state index >= 15 is 0 Å². The molecular weight excluding hydrogens is 528 g/mol. The fraction of sp³-hybridized carbons (Fsp3) is 0.400. The minimum absolute atomic E-state index is 0.562. The van der Waals surface area contributed by atoms with Gasteiger partial charge in [-0.25, -0.2) is 4.98 Å². The quantitative estimate of drug-likeness (QED) is 0.419. The molecule has 1 aromatic carbocycles. The summed E-state index contributed by atoms with van der Waals surface area (Å²) in [5.74, 6) is 1.01. The van der Waals surface area contributed by atoms with Gasteiger partial charge in [-0.15, -0.1) is 0 Å². The Kier molecular flexibility index (Phi) is 7.38. The lowest BCUT2D eigenvalue weighted by atomic mass is 9.88. The van der Waals surface area contributed by atoms with Crippen LogP contribution in [-0.2, 0) is 29.0 Å². The van der Waals surface area contributed by atoms with Gasteiger partial charge in [0.05, 0.1) is 25.5 Å². The van der Waals surface area contributed by atoms with Crippen molar-refractivity contribution >= 4 is 27.3 Å². The third-order valence-electron chi connectivity index (χ3n) is 7.60. The van der Waals surface area contributed by atoms with E-state index < -0.39 is 0 Å². The Morgan fingerprint density at radius 1 is 0.919 bits per heavy atom. The molecule has 0 atom stereocenters. The van der Waals surface area contributed by atoms with Gasteiger partial charge in [-0.3, -0.25) is 9.82 Å². The minimum Gasteiger partial charge on any atom is -0.378 e. The summed E-state index contributed by atoms with van der Waals surface area (Å²) < 4.78 is 6.53. The Morgan fingerprint density at radius 3 is 2.57 bits per heavy atom. The molecule has 0 spiro atoms. The van der Waals surface area contributed by atoms with Crippen LogP contribution in [0, 0.1) is 6.92 Å². The van der Waals surface area contributed by atoms with Gasteiger partial charge in [0.15, 0.2) is 0 Å². The van der Waals surface area contributed by atoms with E-state index in [4.69, 9.17) is 14.6 Å². The summed E-state index contributed by atoms with van der Waals surface area (Å²) >= 11 is 3.64. The van der Waals surface area contributed by atoms with Gasteiger partial charge in [-0.1, -0.05) is 29.3 Å². The van der Waals surface area contributed by atoms with Crippen LogP contribution in [0.3, 0.4) is 0 Å². The predicted octanol–water partition coefficient (Wildman–Crippen LogP) is 5.51. The summed E-state index contributed by atoms with van der Waals surface area (Å²) in [6.07, 6.45) is 7.85. The molecule has 7 heteroatoms. The summed E-state index contributed by atoms with van der Waals surface area (Å²) in [6.45, 7) is 7.80. The highest BCUT2D eigenvalue weighted by Gasteiger charge is 2.26. The number of aryl methyl sites for hydroxylation is 3. The fourth-order valence-corrected chi connectivity index (χ4v) is 6.02. The van der Waals surface area contributed by atoms with Gasteiger partial charge >= 0.3 is 0 Å². The minimum atomic E-state index is 0.562. The standard InChI is InChI=1S/C30H33BrN4O2/c1-21-2-5-27-24(16-21)3-4-25-18-26(31)19-33-30(25)29(27)23-7-10-35(11-8-23)37-20-22-6-9-32-28(17-22)34-12-14-36-15-13-34/h2,5-6,9,16-19H,3-4,7-8,10-15,20H2,1H3. The third-order valence-corrected chi connectivity index (χ3v) is 8.04. The zero-order valence-electron chi connectivity index (χ0n) is 21.4. The second-order valence-electron chi connectivity index (χ2n) is 10.1. The zero-order chi connectivity index (χ0) is 25.2. The number of aromatic nitrogens is 2. The molecule has 0 bridgehead atoms. The van der Waals surface area contributed by atoms with Gasteiger partial charge in [0.2, 0.25) is 0 Å². The number of hydrogen-bond donors (Lipinski definition) is 0. The lowest BCUT2D eigenvalue weighted by Gasteiger charge is -2.30.